The first-order valence-electron chi connectivity index (χ1n) is 6.38. The van der Waals surface area contributed by atoms with Gasteiger partial charge in [-0.3, -0.25) is 4.79 Å². The topological polar surface area (TPSA) is 74.5 Å². The minimum absolute atomic E-state index is 0.236. The second-order valence-electron chi connectivity index (χ2n) is 4.24. The number of carbonyl (C=O) groups excluding carboxylic acids is 1. The fourth-order valence-corrected chi connectivity index (χ4v) is 1.56. The lowest BCUT2D eigenvalue weighted by Crippen LogP contribution is -2.24. The first-order valence-corrected chi connectivity index (χ1v) is 6.38. The van der Waals surface area contributed by atoms with E-state index in [0.717, 1.165) is 0 Å². The van der Waals surface area contributed by atoms with Gasteiger partial charge in [0.25, 0.3) is 5.91 Å². The third-order valence-corrected chi connectivity index (χ3v) is 2.65. The highest BCUT2D eigenvalue weighted by atomic mass is 19.1. The van der Waals surface area contributed by atoms with Crippen molar-refractivity contribution in [3.63, 3.8) is 0 Å². The average Bonchev–Trinajstić information content (AvgIpc) is 2.55. The maximum absolute atomic E-state index is 13.3. The largest absolute Gasteiger partial charge is 0.484 e. The molecule has 0 aliphatic rings. The fraction of sp³-hybridized carbons (Fsp3) is 0.0625. The Labute approximate surface area is 126 Å². The predicted octanol–water partition coefficient (Wildman–Crippen LogP) is 2.23. The first-order chi connectivity index (χ1) is 10.7. The van der Waals surface area contributed by atoms with Crippen LogP contribution in [0.15, 0.2) is 53.6 Å². The van der Waals surface area contributed by atoms with Crippen LogP contribution in [0.25, 0.3) is 0 Å². The maximum atomic E-state index is 13.3. The van der Waals surface area contributed by atoms with Gasteiger partial charge in [-0.2, -0.15) is 10.4 Å². The number of benzene rings is 2. The van der Waals surface area contributed by atoms with Crippen molar-refractivity contribution >= 4 is 12.1 Å². The molecular formula is C16H12FN3O2. The van der Waals surface area contributed by atoms with Gasteiger partial charge in [-0.15, -0.1) is 0 Å². The molecule has 0 aliphatic carbocycles. The summed E-state index contributed by atoms with van der Waals surface area (Å²) < 4.78 is 18.5. The van der Waals surface area contributed by atoms with E-state index >= 15 is 0 Å². The molecule has 0 aromatic heterocycles. The SMILES string of the molecule is N#Cc1ccc(OCC(=O)N/N=C/c2ccccc2F)cc1. The van der Waals surface area contributed by atoms with Crippen molar-refractivity contribution in [2.24, 2.45) is 5.10 Å². The van der Waals surface area contributed by atoms with Crippen LogP contribution in [0, 0.1) is 17.1 Å². The molecular weight excluding hydrogens is 285 g/mol. The van der Waals surface area contributed by atoms with Gasteiger partial charge in [0.15, 0.2) is 6.61 Å². The van der Waals surface area contributed by atoms with E-state index in [1.807, 2.05) is 6.07 Å². The molecule has 0 bridgehead atoms. The van der Waals surface area contributed by atoms with Crippen LogP contribution < -0.4 is 10.2 Å². The van der Waals surface area contributed by atoms with Crippen LogP contribution in [0.2, 0.25) is 0 Å². The van der Waals surface area contributed by atoms with Crippen LogP contribution >= 0.6 is 0 Å². The van der Waals surface area contributed by atoms with Crippen molar-refractivity contribution in [2.75, 3.05) is 6.61 Å². The summed E-state index contributed by atoms with van der Waals surface area (Å²) >= 11 is 0. The number of rotatable bonds is 5. The summed E-state index contributed by atoms with van der Waals surface area (Å²) in [6, 6.07) is 14.4. The molecule has 22 heavy (non-hydrogen) atoms. The van der Waals surface area contributed by atoms with Crippen LogP contribution in [0.4, 0.5) is 4.39 Å². The normalized spacial score (nSPS) is 10.2. The predicted molar refractivity (Wildman–Crippen MR) is 78.8 cm³/mol. The molecule has 1 amide bonds. The molecule has 2 rings (SSSR count). The number of nitriles is 1. The molecule has 0 spiro atoms. The molecule has 6 heteroatoms. The van der Waals surface area contributed by atoms with Gasteiger partial charge >= 0.3 is 0 Å². The maximum Gasteiger partial charge on any atom is 0.277 e. The van der Waals surface area contributed by atoms with Gasteiger partial charge in [-0.1, -0.05) is 18.2 Å². The quantitative estimate of drug-likeness (QED) is 0.679. The van der Waals surface area contributed by atoms with E-state index in [-0.39, 0.29) is 12.2 Å². The van der Waals surface area contributed by atoms with E-state index in [1.165, 1.54) is 18.3 Å². The molecule has 1 N–H and O–H groups in total. The van der Waals surface area contributed by atoms with Gasteiger partial charge in [-0.25, -0.2) is 9.82 Å². The number of carbonyl (C=O) groups is 1. The van der Waals surface area contributed by atoms with Crippen molar-refractivity contribution in [2.45, 2.75) is 0 Å². The van der Waals surface area contributed by atoms with E-state index in [4.69, 9.17) is 10.00 Å². The van der Waals surface area contributed by atoms with Gasteiger partial charge in [0.2, 0.25) is 0 Å². The zero-order valence-electron chi connectivity index (χ0n) is 11.5. The van der Waals surface area contributed by atoms with Crippen LogP contribution in [0.1, 0.15) is 11.1 Å². The molecule has 0 aliphatic heterocycles. The van der Waals surface area contributed by atoms with E-state index in [1.54, 1.807) is 36.4 Å². The van der Waals surface area contributed by atoms with Crippen LogP contribution in [0.5, 0.6) is 5.75 Å². The highest BCUT2D eigenvalue weighted by molar-refractivity contribution is 5.83. The number of hydrogen-bond donors (Lipinski definition) is 1. The zero-order valence-corrected chi connectivity index (χ0v) is 11.5. The Balaban J connectivity index is 1.80. The second-order valence-corrected chi connectivity index (χ2v) is 4.24. The molecule has 0 saturated heterocycles. The van der Waals surface area contributed by atoms with Crippen molar-refractivity contribution in [1.82, 2.24) is 5.43 Å². The lowest BCUT2D eigenvalue weighted by molar-refractivity contribution is -0.123. The number of hydrazone groups is 1. The molecule has 0 unspecified atom stereocenters. The van der Waals surface area contributed by atoms with Gasteiger partial charge in [0, 0.05) is 5.56 Å². The van der Waals surface area contributed by atoms with E-state index in [0.29, 0.717) is 11.3 Å². The summed E-state index contributed by atoms with van der Waals surface area (Å²) in [5.74, 6) is -0.432. The highest BCUT2D eigenvalue weighted by Crippen LogP contribution is 2.11. The first kappa shape index (κ1) is 15.2. The summed E-state index contributed by atoms with van der Waals surface area (Å²) in [6.07, 6.45) is 1.22. The average molecular weight is 297 g/mol. The van der Waals surface area contributed by atoms with Crippen molar-refractivity contribution < 1.29 is 13.9 Å². The molecule has 0 atom stereocenters. The summed E-state index contributed by atoms with van der Waals surface area (Å²) in [4.78, 5) is 11.5. The third-order valence-electron chi connectivity index (χ3n) is 2.65. The number of halogens is 1. The van der Waals surface area contributed by atoms with Gasteiger partial charge < -0.3 is 4.74 Å². The number of amides is 1. The van der Waals surface area contributed by atoms with Crippen LogP contribution in [0.3, 0.4) is 0 Å². The Kier molecular flexibility index (Phi) is 5.21. The summed E-state index contributed by atoms with van der Waals surface area (Å²) in [6.45, 7) is -0.236. The molecule has 110 valence electrons. The van der Waals surface area contributed by atoms with Crippen molar-refractivity contribution in [3.8, 4) is 11.8 Å². The second kappa shape index (κ2) is 7.55. The number of hydrogen-bond acceptors (Lipinski definition) is 4. The molecule has 0 saturated carbocycles. The standard InChI is InChI=1S/C16H12FN3O2/c17-15-4-2-1-3-13(15)10-19-20-16(21)11-22-14-7-5-12(9-18)6-8-14/h1-8,10H,11H2,(H,20,21)/b19-10+. The molecule has 2 aromatic rings. The van der Waals surface area contributed by atoms with Gasteiger partial charge in [0.1, 0.15) is 11.6 Å². The summed E-state index contributed by atoms with van der Waals surface area (Å²) in [7, 11) is 0. The Morgan fingerprint density at radius 2 is 2.00 bits per heavy atom. The Morgan fingerprint density at radius 3 is 2.68 bits per heavy atom. The lowest BCUT2D eigenvalue weighted by atomic mass is 10.2. The molecule has 2 aromatic carbocycles. The minimum atomic E-state index is -0.475. The van der Waals surface area contributed by atoms with E-state index in [9.17, 15) is 9.18 Å². The monoisotopic (exact) mass is 297 g/mol. The summed E-state index contributed by atoms with van der Waals surface area (Å²) in [5.41, 5.74) is 3.02. The van der Waals surface area contributed by atoms with Gasteiger partial charge in [-0.05, 0) is 30.3 Å². The molecule has 0 heterocycles. The van der Waals surface area contributed by atoms with E-state index in [2.05, 4.69) is 10.5 Å². The van der Waals surface area contributed by atoms with Crippen molar-refractivity contribution in [1.29, 1.82) is 5.26 Å². The van der Waals surface area contributed by atoms with Crippen LogP contribution in [-0.2, 0) is 4.79 Å². The fourth-order valence-electron chi connectivity index (χ4n) is 1.56. The molecule has 0 fully saturated rings. The Morgan fingerprint density at radius 1 is 1.27 bits per heavy atom. The van der Waals surface area contributed by atoms with Gasteiger partial charge in [0.05, 0.1) is 17.8 Å². The number of ether oxygens (including phenoxy) is 1. The Hall–Kier alpha value is -3.20. The van der Waals surface area contributed by atoms with Crippen LogP contribution in [-0.4, -0.2) is 18.7 Å². The molecule has 0 radical (unpaired) electrons. The minimum Gasteiger partial charge on any atom is -0.484 e. The summed E-state index contributed by atoms with van der Waals surface area (Å²) in [5, 5.41) is 12.3. The number of nitrogens with zero attached hydrogens (tertiary/aromatic N) is 2. The Bertz CT molecular complexity index is 721. The van der Waals surface area contributed by atoms with Crippen molar-refractivity contribution in [3.05, 3.63) is 65.5 Å². The molecule has 5 nitrogen and oxygen atoms in total. The van der Waals surface area contributed by atoms with E-state index < -0.39 is 11.7 Å². The zero-order chi connectivity index (χ0) is 15.8. The smallest absolute Gasteiger partial charge is 0.277 e. The number of nitrogens with one attached hydrogen (secondary N) is 1. The third kappa shape index (κ3) is 4.42. The lowest BCUT2D eigenvalue weighted by Gasteiger charge is -2.04. The highest BCUT2D eigenvalue weighted by Gasteiger charge is 2.02.